The molecular formula is C26H31N3O5. The monoisotopic (exact) mass is 465 g/mol. The summed E-state index contributed by atoms with van der Waals surface area (Å²) >= 11 is 0. The summed E-state index contributed by atoms with van der Waals surface area (Å²) in [6.07, 6.45) is 2.27. The minimum absolute atomic E-state index is 0.0683. The first-order valence-corrected chi connectivity index (χ1v) is 12.0. The van der Waals surface area contributed by atoms with E-state index in [-0.39, 0.29) is 11.8 Å². The zero-order valence-electron chi connectivity index (χ0n) is 19.2. The van der Waals surface area contributed by atoms with Gasteiger partial charge in [-0.25, -0.2) is 5.48 Å². The van der Waals surface area contributed by atoms with Crippen molar-refractivity contribution >= 4 is 11.8 Å². The third-order valence-electron chi connectivity index (χ3n) is 7.49. The standard InChI is InChI=1S/C26H31N3O5/c30-24(28-32)20-5-4-18-6-7-26(8-9-27-25(26)31)23(22(18)17-20)19-2-1-3-21(16-19)34-15-12-29-10-13-33-14-11-29/h1-5,16-17,23,32H,6-15H2,(H,27,31)(H,28,30)/t23-,26?/m1/s1. The normalized spacial score (nSPS) is 24.5. The SMILES string of the molecule is O=C(NO)c1ccc2c(c1)[C@@H](c1cccc(OCCN3CCOCC3)c1)C1(CCNC1=O)CC2. The smallest absolute Gasteiger partial charge is 0.274 e. The molecule has 0 saturated carbocycles. The third kappa shape index (κ3) is 4.29. The van der Waals surface area contributed by atoms with E-state index in [4.69, 9.17) is 14.7 Å². The fourth-order valence-electron chi connectivity index (χ4n) is 5.70. The Labute approximate surface area is 199 Å². The molecule has 0 aromatic heterocycles. The lowest BCUT2D eigenvalue weighted by Crippen LogP contribution is -2.41. The third-order valence-corrected chi connectivity index (χ3v) is 7.49. The number of benzene rings is 2. The van der Waals surface area contributed by atoms with Crippen LogP contribution in [0.3, 0.4) is 0 Å². The highest BCUT2D eigenvalue weighted by Gasteiger charge is 2.52. The average Bonchev–Trinajstić information content (AvgIpc) is 3.23. The first-order chi connectivity index (χ1) is 16.6. The molecule has 2 aromatic carbocycles. The number of rotatable bonds is 6. The number of aryl methyl sites for hydroxylation is 1. The minimum Gasteiger partial charge on any atom is -0.492 e. The zero-order valence-corrected chi connectivity index (χ0v) is 19.2. The van der Waals surface area contributed by atoms with Crippen molar-refractivity contribution in [3.8, 4) is 5.75 Å². The molecule has 8 nitrogen and oxygen atoms in total. The van der Waals surface area contributed by atoms with Crippen LogP contribution in [-0.2, 0) is 16.0 Å². The molecule has 3 aliphatic rings. The number of carbonyl (C=O) groups is 2. The molecule has 2 saturated heterocycles. The summed E-state index contributed by atoms with van der Waals surface area (Å²) in [4.78, 5) is 27.7. The summed E-state index contributed by atoms with van der Waals surface area (Å²) in [6, 6.07) is 13.5. The number of fused-ring (bicyclic) bond motifs is 1. The molecular weight excluding hydrogens is 434 g/mol. The fourth-order valence-corrected chi connectivity index (χ4v) is 5.70. The van der Waals surface area contributed by atoms with Gasteiger partial charge in [0.05, 0.1) is 18.6 Å². The van der Waals surface area contributed by atoms with Crippen molar-refractivity contribution in [2.75, 3.05) is 46.0 Å². The predicted molar refractivity (Wildman–Crippen MR) is 125 cm³/mol. The van der Waals surface area contributed by atoms with Crippen molar-refractivity contribution in [3.63, 3.8) is 0 Å². The van der Waals surface area contributed by atoms with Gasteiger partial charge >= 0.3 is 0 Å². The van der Waals surface area contributed by atoms with E-state index < -0.39 is 11.3 Å². The molecule has 180 valence electrons. The van der Waals surface area contributed by atoms with Crippen molar-refractivity contribution in [1.82, 2.24) is 15.7 Å². The highest BCUT2D eigenvalue weighted by atomic mass is 16.5. The Bertz CT molecular complexity index is 1070. The molecule has 34 heavy (non-hydrogen) atoms. The number of carbonyl (C=O) groups excluding carboxylic acids is 2. The van der Waals surface area contributed by atoms with Crippen molar-refractivity contribution in [2.45, 2.75) is 25.2 Å². The number of amides is 2. The largest absolute Gasteiger partial charge is 0.492 e. The summed E-state index contributed by atoms with van der Waals surface area (Å²) in [5, 5.41) is 12.2. The van der Waals surface area contributed by atoms with Gasteiger partial charge in [-0.05, 0) is 60.2 Å². The van der Waals surface area contributed by atoms with E-state index in [9.17, 15) is 9.59 Å². The second kappa shape index (κ2) is 9.74. The quantitative estimate of drug-likeness (QED) is 0.446. The van der Waals surface area contributed by atoms with Gasteiger partial charge in [0.2, 0.25) is 5.91 Å². The van der Waals surface area contributed by atoms with Gasteiger partial charge in [-0.3, -0.25) is 19.7 Å². The number of hydrogen-bond donors (Lipinski definition) is 3. The lowest BCUT2D eigenvalue weighted by Gasteiger charge is -2.41. The molecule has 2 amide bonds. The molecule has 1 aliphatic carbocycles. The Morgan fingerprint density at radius 3 is 2.82 bits per heavy atom. The Hall–Kier alpha value is -2.94. The van der Waals surface area contributed by atoms with Gasteiger partial charge in [0.1, 0.15) is 12.4 Å². The molecule has 0 bridgehead atoms. The first-order valence-electron chi connectivity index (χ1n) is 12.0. The van der Waals surface area contributed by atoms with Gasteiger partial charge < -0.3 is 14.8 Å². The number of morpholine rings is 1. The van der Waals surface area contributed by atoms with E-state index in [1.807, 2.05) is 36.4 Å². The summed E-state index contributed by atoms with van der Waals surface area (Å²) in [7, 11) is 0. The summed E-state index contributed by atoms with van der Waals surface area (Å²) in [5.74, 6) is 0.0831. The van der Waals surface area contributed by atoms with Crippen LogP contribution in [0.2, 0.25) is 0 Å². The summed E-state index contributed by atoms with van der Waals surface area (Å²) in [5.41, 5.74) is 4.63. The molecule has 1 spiro atoms. The second-order valence-electron chi connectivity index (χ2n) is 9.32. The number of nitrogens with zero attached hydrogens (tertiary/aromatic N) is 1. The summed E-state index contributed by atoms with van der Waals surface area (Å²) in [6.45, 7) is 5.43. The molecule has 2 aromatic rings. The Kier molecular flexibility index (Phi) is 6.54. The van der Waals surface area contributed by atoms with Crippen LogP contribution in [0.25, 0.3) is 0 Å². The van der Waals surface area contributed by atoms with Gasteiger partial charge in [0, 0.05) is 37.7 Å². The van der Waals surface area contributed by atoms with Gasteiger partial charge in [-0.2, -0.15) is 0 Å². The molecule has 3 N–H and O–H groups in total. The van der Waals surface area contributed by atoms with Crippen LogP contribution in [-0.4, -0.2) is 67.9 Å². The van der Waals surface area contributed by atoms with Gasteiger partial charge in [0.15, 0.2) is 0 Å². The number of hydroxylamine groups is 1. The Balaban J connectivity index is 1.46. The average molecular weight is 466 g/mol. The van der Waals surface area contributed by atoms with Crippen LogP contribution >= 0.6 is 0 Å². The Morgan fingerprint density at radius 1 is 1.21 bits per heavy atom. The van der Waals surface area contributed by atoms with Crippen LogP contribution in [0.1, 0.15) is 45.8 Å². The van der Waals surface area contributed by atoms with E-state index >= 15 is 0 Å². The molecule has 8 heteroatoms. The van der Waals surface area contributed by atoms with Gasteiger partial charge in [-0.1, -0.05) is 18.2 Å². The van der Waals surface area contributed by atoms with E-state index in [2.05, 4.69) is 10.2 Å². The van der Waals surface area contributed by atoms with E-state index in [1.54, 1.807) is 11.5 Å². The van der Waals surface area contributed by atoms with Gasteiger partial charge in [-0.15, -0.1) is 0 Å². The van der Waals surface area contributed by atoms with Crippen LogP contribution in [0.15, 0.2) is 42.5 Å². The van der Waals surface area contributed by atoms with E-state index in [0.717, 1.165) is 74.6 Å². The number of ether oxygens (including phenoxy) is 2. The first kappa shape index (κ1) is 22.8. The van der Waals surface area contributed by atoms with Crippen molar-refractivity contribution in [3.05, 3.63) is 64.7 Å². The van der Waals surface area contributed by atoms with Crippen LogP contribution < -0.4 is 15.5 Å². The maximum atomic E-state index is 13.2. The van der Waals surface area contributed by atoms with Crippen LogP contribution in [0, 0.1) is 5.41 Å². The highest BCUT2D eigenvalue weighted by molar-refractivity contribution is 5.94. The highest BCUT2D eigenvalue weighted by Crippen LogP contribution is 2.53. The van der Waals surface area contributed by atoms with Crippen LogP contribution in [0.5, 0.6) is 5.75 Å². The van der Waals surface area contributed by atoms with Gasteiger partial charge in [0.25, 0.3) is 5.91 Å². The second-order valence-corrected chi connectivity index (χ2v) is 9.32. The lowest BCUT2D eigenvalue weighted by molar-refractivity contribution is -0.129. The number of hydrogen-bond acceptors (Lipinski definition) is 6. The van der Waals surface area contributed by atoms with Crippen LogP contribution in [0.4, 0.5) is 0 Å². The molecule has 5 rings (SSSR count). The predicted octanol–water partition coefficient (Wildman–Crippen LogP) is 2.10. The van der Waals surface area contributed by atoms with E-state index in [1.165, 1.54) is 0 Å². The molecule has 1 unspecified atom stereocenters. The molecule has 2 atom stereocenters. The molecule has 2 fully saturated rings. The number of nitrogens with one attached hydrogen (secondary N) is 2. The molecule has 2 heterocycles. The van der Waals surface area contributed by atoms with Crippen molar-refractivity contribution < 1.29 is 24.3 Å². The lowest BCUT2D eigenvalue weighted by atomic mass is 9.60. The topological polar surface area (TPSA) is 100 Å². The zero-order chi connectivity index (χ0) is 23.5. The van der Waals surface area contributed by atoms with Crippen molar-refractivity contribution in [1.29, 1.82) is 0 Å². The molecule has 2 aliphatic heterocycles. The van der Waals surface area contributed by atoms with E-state index in [0.29, 0.717) is 18.7 Å². The maximum absolute atomic E-state index is 13.2. The summed E-state index contributed by atoms with van der Waals surface area (Å²) < 4.78 is 11.5. The Morgan fingerprint density at radius 2 is 2.06 bits per heavy atom. The van der Waals surface area contributed by atoms with Crippen molar-refractivity contribution in [2.24, 2.45) is 5.41 Å². The minimum atomic E-state index is -0.562. The fraction of sp³-hybridized carbons (Fsp3) is 0.462. The molecule has 0 radical (unpaired) electrons. The maximum Gasteiger partial charge on any atom is 0.274 e.